The normalized spacial score (nSPS) is 22.5. The highest BCUT2D eigenvalue weighted by atomic mass is 35.5. The zero-order valence-corrected chi connectivity index (χ0v) is 16.1. The summed E-state index contributed by atoms with van der Waals surface area (Å²) in [5, 5.41) is 3.70. The predicted octanol–water partition coefficient (Wildman–Crippen LogP) is 4.32. The number of benzene rings is 1. The van der Waals surface area contributed by atoms with E-state index in [1.54, 1.807) is 30.5 Å². The van der Waals surface area contributed by atoms with Gasteiger partial charge >= 0.3 is 5.97 Å². The third-order valence-electron chi connectivity index (χ3n) is 4.98. The fourth-order valence-corrected chi connectivity index (χ4v) is 4.13. The van der Waals surface area contributed by atoms with Gasteiger partial charge in [-0.05, 0) is 55.2 Å². The molecule has 0 radical (unpaired) electrons. The molecule has 0 unspecified atom stereocenters. The predicted molar refractivity (Wildman–Crippen MR) is 107 cm³/mol. The molecule has 1 fully saturated rings. The summed E-state index contributed by atoms with van der Waals surface area (Å²) < 4.78 is 5.97. The van der Waals surface area contributed by atoms with Crippen LogP contribution >= 0.6 is 23.8 Å². The van der Waals surface area contributed by atoms with E-state index in [0.29, 0.717) is 15.6 Å². The summed E-state index contributed by atoms with van der Waals surface area (Å²) in [6.45, 7) is 0. The number of aromatic nitrogens is 1. The molecule has 1 N–H and O–H groups in total. The summed E-state index contributed by atoms with van der Waals surface area (Å²) in [6, 6.07) is 10.6. The molecule has 1 saturated carbocycles. The quantitative estimate of drug-likeness (QED) is 0.624. The van der Waals surface area contributed by atoms with E-state index in [1.807, 2.05) is 25.4 Å². The van der Waals surface area contributed by atoms with E-state index in [0.717, 1.165) is 31.2 Å². The average Bonchev–Trinajstić information content (AvgIpc) is 2.69. The zero-order chi connectivity index (χ0) is 18.6. The van der Waals surface area contributed by atoms with Gasteiger partial charge in [0.1, 0.15) is 6.10 Å². The number of ether oxygens (including phenoxy) is 1. The molecule has 3 rings (SSSR count). The minimum Gasteiger partial charge on any atom is -0.457 e. The number of carbonyl (C=O) groups excluding carboxylic acids is 1. The number of thiocarbonyl (C=S) groups is 1. The highest BCUT2D eigenvalue weighted by Crippen LogP contribution is 2.42. The van der Waals surface area contributed by atoms with E-state index in [4.69, 9.17) is 28.6 Å². The third kappa shape index (κ3) is 3.60. The SMILES string of the molecule is CNC(=S)[C@]1(c2cccnc2)CCCC[C@H]1OC(=O)c1ccc(Cl)cc1. The lowest BCUT2D eigenvalue weighted by Crippen LogP contribution is -2.53. The van der Waals surface area contributed by atoms with Gasteiger partial charge in [0.15, 0.2) is 0 Å². The lowest BCUT2D eigenvalue weighted by Gasteiger charge is -2.43. The molecule has 0 bridgehead atoms. The second-order valence-corrected chi connectivity index (χ2v) is 7.28. The molecule has 4 nitrogen and oxygen atoms in total. The highest BCUT2D eigenvalue weighted by Gasteiger charge is 2.48. The highest BCUT2D eigenvalue weighted by molar-refractivity contribution is 7.80. The Kier molecular flexibility index (Phi) is 5.89. The fraction of sp³-hybridized carbons (Fsp3) is 0.350. The number of nitrogens with zero attached hydrogens (tertiary/aromatic N) is 1. The van der Waals surface area contributed by atoms with Gasteiger partial charge in [-0.2, -0.15) is 0 Å². The largest absolute Gasteiger partial charge is 0.457 e. The molecule has 1 heterocycles. The Morgan fingerprint density at radius 2 is 2.08 bits per heavy atom. The van der Waals surface area contributed by atoms with Gasteiger partial charge in [-0.3, -0.25) is 4.98 Å². The van der Waals surface area contributed by atoms with E-state index in [-0.39, 0.29) is 12.1 Å². The molecule has 6 heteroatoms. The zero-order valence-electron chi connectivity index (χ0n) is 14.6. The molecule has 1 aromatic heterocycles. The van der Waals surface area contributed by atoms with Crippen molar-refractivity contribution in [3.63, 3.8) is 0 Å². The van der Waals surface area contributed by atoms with Gasteiger partial charge in [-0.1, -0.05) is 36.3 Å². The Balaban J connectivity index is 1.95. The summed E-state index contributed by atoms with van der Waals surface area (Å²) >= 11 is 11.6. The topological polar surface area (TPSA) is 51.2 Å². The van der Waals surface area contributed by atoms with Crippen molar-refractivity contribution in [2.75, 3.05) is 7.05 Å². The smallest absolute Gasteiger partial charge is 0.338 e. The number of carbonyl (C=O) groups is 1. The van der Waals surface area contributed by atoms with Crippen LogP contribution in [0, 0.1) is 0 Å². The third-order valence-corrected chi connectivity index (χ3v) is 5.80. The van der Waals surface area contributed by atoms with Crippen LogP contribution in [0.25, 0.3) is 0 Å². The van der Waals surface area contributed by atoms with Crippen molar-refractivity contribution in [3.05, 3.63) is 64.9 Å². The van der Waals surface area contributed by atoms with Crippen LogP contribution in [0.3, 0.4) is 0 Å². The van der Waals surface area contributed by atoms with Crippen molar-refractivity contribution in [1.82, 2.24) is 10.3 Å². The number of hydrogen-bond acceptors (Lipinski definition) is 4. The lowest BCUT2D eigenvalue weighted by molar-refractivity contribution is 0.00431. The lowest BCUT2D eigenvalue weighted by atomic mass is 9.67. The fourth-order valence-electron chi connectivity index (χ4n) is 3.65. The van der Waals surface area contributed by atoms with E-state index < -0.39 is 5.41 Å². The van der Waals surface area contributed by atoms with Crippen LogP contribution in [0.15, 0.2) is 48.8 Å². The molecule has 1 aliphatic carbocycles. The van der Waals surface area contributed by atoms with Crippen molar-refractivity contribution < 1.29 is 9.53 Å². The monoisotopic (exact) mass is 388 g/mol. The minimum absolute atomic E-state index is 0.344. The Hall–Kier alpha value is -1.98. The van der Waals surface area contributed by atoms with Crippen LogP contribution in [0.4, 0.5) is 0 Å². The van der Waals surface area contributed by atoms with Crippen molar-refractivity contribution >= 4 is 34.8 Å². The molecule has 2 atom stereocenters. The maximum absolute atomic E-state index is 12.7. The molecule has 1 aromatic carbocycles. The van der Waals surface area contributed by atoms with E-state index in [9.17, 15) is 4.79 Å². The Morgan fingerprint density at radius 3 is 2.73 bits per heavy atom. The standard InChI is InChI=1S/C20H21ClN2O2S/c1-22-19(26)20(15-5-4-12-23-13-15)11-3-2-6-17(20)25-18(24)14-7-9-16(21)10-8-14/h4-5,7-10,12-13,17H,2-3,6,11H2,1H3,(H,22,26)/t17-,20+/m1/s1. The molecule has 0 aliphatic heterocycles. The van der Waals surface area contributed by atoms with Crippen LogP contribution < -0.4 is 5.32 Å². The first-order chi connectivity index (χ1) is 12.6. The molecular formula is C20H21ClN2O2S. The van der Waals surface area contributed by atoms with Gasteiger partial charge in [-0.15, -0.1) is 0 Å². The maximum atomic E-state index is 12.7. The van der Waals surface area contributed by atoms with E-state index >= 15 is 0 Å². The van der Waals surface area contributed by atoms with Crippen LogP contribution in [0.2, 0.25) is 5.02 Å². The van der Waals surface area contributed by atoms with E-state index in [1.165, 1.54) is 0 Å². The summed E-state index contributed by atoms with van der Waals surface area (Å²) in [4.78, 5) is 17.6. The summed E-state index contributed by atoms with van der Waals surface area (Å²) in [6.07, 6.45) is 6.80. The van der Waals surface area contributed by atoms with Gasteiger partial charge in [0.25, 0.3) is 0 Å². The molecule has 136 valence electrons. The summed E-state index contributed by atoms with van der Waals surface area (Å²) in [5.74, 6) is -0.360. The molecule has 1 aliphatic rings. The number of pyridine rings is 1. The number of hydrogen-bond donors (Lipinski definition) is 1. The van der Waals surface area contributed by atoms with Crippen molar-refractivity contribution in [2.24, 2.45) is 0 Å². The molecule has 0 spiro atoms. The molecule has 0 amide bonds. The maximum Gasteiger partial charge on any atom is 0.338 e. The second-order valence-electron chi connectivity index (χ2n) is 6.44. The van der Waals surface area contributed by atoms with Crippen LogP contribution in [-0.2, 0) is 10.2 Å². The van der Waals surface area contributed by atoms with Gasteiger partial charge in [-0.25, -0.2) is 4.79 Å². The molecule has 0 saturated heterocycles. The number of rotatable bonds is 4. The minimum atomic E-state index is -0.557. The Labute approximate surface area is 163 Å². The summed E-state index contributed by atoms with van der Waals surface area (Å²) in [5.41, 5.74) is 0.905. The number of halogens is 1. The second kappa shape index (κ2) is 8.14. The average molecular weight is 389 g/mol. The Bertz CT molecular complexity index is 782. The summed E-state index contributed by atoms with van der Waals surface area (Å²) in [7, 11) is 1.81. The number of esters is 1. The van der Waals surface area contributed by atoms with Gasteiger partial charge in [0, 0.05) is 24.5 Å². The molecular weight excluding hydrogens is 368 g/mol. The van der Waals surface area contributed by atoms with Gasteiger partial charge in [0.2, 0.25) is 0 Å². The number of nitrogens with one attached hydrogen (secondary N) is 1. The first kappa shape index (κ1) is 18.8. The van der Waals surface area contributed by atoms with Gasteiger partial charge in [0.05, 0.1) is 16.0 Å². The van der Waals surface area contributed by atoms with Crippen LogP contribution in [-0.4, -0.2) is 29.1 Å². The van der Waals surface area contributed by atoms with Crippen molar-refractivity contribution in [2.45, 2.75) is 37.2 Å². The van der Waals surface area contributed by atoms with Crippen molar-refractivity contribution in [3.8, 4) is 0 Å². The number of likely N-dealkylation sites (N-methyl/N-ethyl adjacent to an activating group) is 1. The first-order valence-corrected chi connectivity index (χ1v) is 9.46. The van der Waals surface area contributed by atoms with Crippen LogP contribution in [0.5, 0.6) is 0 Å². The van der Waals surface area contributed by atoms with Crippen molar-refractivity contribution in [1.29, 1.82) is 0 Å². The van der Waals surface area contributed by atoms with Crippen LogP contribution in [0.1, 0.15) is 41.6 Å². The molecule has 26 heavy (non-hydrogen) atoms. The molecule has 2 aromatic rings. The Morgan fingerprint density at radius 1 is 1.31 bits per heavy atom. The van der Waals surface area contributed by atoms with E-state index in [2.05, 4.69) is 10.3 Å². The van der Waals surface area contributed by atoms with Gasteiger partial charge < -0.3 is 10.1 Å². The first-order valence-electron chi connectivity index (χ1n) is 8.67.